The molecule has 10 heteroatoms. The number of rotatable bonds is 12. The van der Waals surface area contributed by atoms with E-state index in [-0.39, 0.29) is 39.5 Å². The Morgan fingerprint density at radius 1 is 0.312 bits per heavy atom. The van der Waals surface area contributed by atoms with Gasteiger partial charge in [-0.15, -0.1) is 0 Å². The van der Waals surface area contributed by atoms with Gasteiger partial charge < -0.3 is 27.1 Å². The van der Waals surface area contributed by atoms with Gasteiger partial charge in [0.15, 0.2) is 5.78 Å². The van der Waals surface area contributed by atoms with E-state index in [0.29, 0.717) is 23.0 Å². The normalized spacial score (nSPS) is 11.8. The molecule has 1 aliphatic carbocycles. The zero-order valence-electron chi connectivity index (χ0n) is 25.2. The first-order chi connectivity index (χ1) is 23.6. The summed E-state index contributed by atoms with van der Waals surface area (Å²) in [5.41, 5.74) is 0.535. The van der Waals surface area contributed by atoms with E-state index in [0.717, 1.165) is 0 Å². The number of fused-ring (bicyclic) bond motifs is 2. The van der Waals surface area contributed by atoms with Gasteiger partial charge in [-0.1, -0.05) is 97.1 Å². The van der Waals surface area contributed by atoms with Crippen LogP contribution in [0.4, 0.5) is 0 Å². The van der Waals surface area contributed by atoms with Crippen molar-refractivity contribution >= 4 is 28.8 Å². The van der Waals surface area contributed by atoms with E-state index in [2.05, 4.69) is 0 Å². The first kappa shape index (κ1) is 30.9. The molecule has 236 valence electrons. The average molecular weight is 673 g/mol. The molecule has 0 N–H and O–H groups in total. The molecule has 0 amide bonds. The Morgan fingerprint density at radius 2 is 0.625 bits per heavy atom. The lowest BCUT2D eigenvalue weighted by molar-refractivity contribution is 0.0975. The van der Waals surface area contributed by atoms with Crippen molar-refractivity contribution in [2.45, 2.75) is 0 Å². The Balaban J connectivity index is 1.23. The third-order valence-corrected chi connectivity index (χ3v) is 9.17. The van der Waals surface area contributed by atoms with Crippen molar-refractivity contribution in [1.82, 2.24) is 0 Å². The van der Waals surface area contributed by atoms with Gasteiger partial charge in [0, 0.05) is 11.1 Å². The summed E-state index contributed by atoms with van der Waals surface area (Å²) in [5.74, 6) is 1.49. The summed E-state index contributed by atoms with van der Waals surface area (Å²) in [4.78, 5) is 28.3. The maximum Gasteiger partial charge on any atom is 0.530 e. The van der Waals surface area contributed by atoms with E-state index < -0.39 is 23.0 Å². The Bertz CT molecular complexity index is 1800. The highest BCUT2D eigenvalue weighted by Crippen LogP contribution is 2.48. The lowest BCUT2D eigenvalue weighted by Gasteiger charge is -2.24. The van der Waals surface area contributed by atoms with Gasteiger partial charge in [-0.25, -0.2) is 0 Å². The third kappa shape index (κ3) is 7.01. The van der Waals surface area contributed by atoms with Crippen molar-refractivity contribution in [2.24, 2.45) is 0 Å². The summed E-state index contributed by atoms with van der Waals surface area (Å²) in [7, 11) is -4.23. The van der Waals surface area contributed by atoms with Crippen LogP contribution in [-0.2, 0) is 0 Å². The van der Waals surface area contributed by atoms with Gasteiger partial charge in [0.1, 0.15) is 34.5 Å². The maximum atomic E-state index is 14.4. The van der Waals surface area contributed by atoms with Crippen LogP contribution in [0.5, 0.6) is 34.5 Å². The predicted octanol–water partition coefficient (Wildman–Crippen LogP) is 9.99. The SMILES string of the molecule is O=C1c2cccc(OP(Oc3ccccc3)Oc3ccccc3)c2C(=O)c2c(OP(Oc3ccccc3)Oc3ccccc3)cccc21. The summed E-state index contributed by atoms with van der Waals surface area (Å²) in [5, 5.41) is 0. The molecule has 48 heavy (non-hydrogen) atoms. The molecular formula is C38H26O8P2. The van der Waals surface area contributed by atoms with Gasteiger partial charge in [-0.3, -0.25) is 9.59 Å². The summed E-state index contributed by atoms with van der Waals surface area (Å²) in [6.07, 6.45) is 0. The number of ketones is 2. The van der Waals surface area contributed by atoms with Crippen molar-refractivity contribution < 1.29 is 36.7 Å². The van der Waals surface area contributed by atoms with Crippen molar-refractivity contribution in [3.63, 3.8) is 0 Å². The first-order valence-electron chi connectivity index (χ1n) is 14.9. The molecule has 0 bridgehead atoms. The van der Waals surface area contributed by atoms with Crippen LogP contribution in [0.15, 0.2) is 158 Å². The van der Waals surface area contributed by atoms with E-state index in [1.807, 2.05) is 72.8 Å². The quantitative estimate of drug-likeness (QED) is 0.119. The fourth-order valence-corrected chi connectivity index (χ4v) is 6.90. The van der Waals surface area contributed by atoms with E-state index in [9.17, 15) is 9.59 Å². The molecule has 0 unspecified atom stereocenters. The molecule has 0 atom stereocenters. The molecule has 0 heterocycles. The standard InChI is InChI=1S/C38H26O8P2/c39-37-31-23-13-25-33(45-47(41-27-15-5-1-6-16-27)42-28-17-7-2-8-18-28)35(31)38(40)36-32(37)24-14-26-34(36)46-48(43-29-19-9-3-10-20-29)44-30-21-11-4-12-22-30/h1-26H. The van der Waals surface area contributed by atoms with Gasteiger partial charge in [-0.2, -0.15) is 0 Å². The number of hydrogen-bond acceptors (Lipinski definition) is 8. The number of carbonyl (C=O) groups is 2. The summed E-state index contributed by atoms with van der Waals surface area (Å²) >= 11 is 0. The van der Waals surface area contributed by atoms with Crippen molar-refractivity contribution in [1.29, 1.82) is 0 Å². The fraction of sp³-hybridized carbons (Fsp3) is 0. The Hall–Kier alpha value is -5.68. The summed E-state index contributed by atoms with van der Waals surface area (Å²) in [6.45, 7) is 0. The van der Waals surface area contributed by atoms with Crippen LogP contribution in [0.1, 0.15) is 31.8 Å². The topological polar surface area (TPSA) is 89.5 Å². The van der Waals surface area contributed by atoms with Gasteiger partial charge in [0.2, 0.25) is 5.78 Å². The molecule has 0 aliphatic heterocycles. The van der Waals surface area contributed by atoms with Crippen LogP contribution in [0.25, 0.3) is 0 Å². The van der Waals surface area contributed by atoms with Crippen molar-refractivity contribution in [3.05, 3.63) is 180 Å². The Morgan fingerprint density at radius 3 is 0.938 bits per heavy atom. The molecule has 0 fully saturated rings. The zero-order valence-corrected chi connectivity index (χ0v) is 27.0. The largest absolute Gasteiger partial charge is 0.530 e. The van der Waals surface area contributed by atoms with Crippen molar-refractivity contribution in [3.8, 4) is 34.5 Å². The van der Waals surface area contributed by atoms with E-state index in [1.165, 1.54) is 0 Å². The number of benzene rings is 6. The molecule has 7 rings (SSSR count). The van der Waals surface area contributed by atoms with Crippen LogP contribution < -0.4 is 27.1 Å². The molecule has 6 aromatic carbocycles. The molecule has 0 radical (unpaired) electrons. The number of carbonyl (C=O) groups excluding carboxylic acids is 2. The number of hydrogen-bond donors (Lipinski definition) is 0. The minimum Gasteiger partial charge on any atom is -0.409 e. The highest BCUT2D eigenvalue weighted by Gasteiger charge is 2.37. The molecule has 1 aliphatic rings. The van der Waals surface area contributed by atoms with Crippen LogP contribution in [0.2, 0.25) is 0 Å². The molecule has 6 aromatic rings. The minimum atomic E-state index is -2.12. The molecule has 0 saturated carbocycles. The second kappa shape index (κ2) is 14.4. The van der Waals surface area contributed by atoms with E-state index >= 15 is 0 Å². The van der Waals surface area contributed by atoms with Gasteiger partial charge in [-0.05, 0) is 60.7 Å². The second-order valence-corrected chi connectivity index (χ2v) is 12.3. The van der Waals surface area contributed by atoms with Gasteiger partial charge in [0.25, 0.3) is 0 Å². The van der Waals surface area contributed by atoms with E-state index in [1.54, 1.807) is 84.9 Å². The van der Waals surface area contributed by atoms with Crippen LogP contribution in [-0.4, -0.2) is 11.6 Å². The highest BCUT2D eigenvalue weighted by atomic mass is 31.2. The lowest BCUT2D eigenvalue weighted by Crippen LogP contribution is -2.23. The molecule has 8 nitrogen and oxygen atoms in total. The molecule has 0 aromatic heterocycles. The lowest BCUT2D eigenvalue weighted by atomic mass is 9.83. The molecular weight excluding hydrogens is 646 g/mol. The Labute approximate surface area is 279 Å². The average Bonchev–Trinajstić information content (AvgIpc) is 3.12. The maximum absolute atomic E-state index is 14.4. The fourth-order valence-electron chi connectivity index (χ4n) is 4.87. The van der Waals surface area contributed by atoms with Gasteiger partial charge >= 0.3 is 17.2 Å². The smallest absolute Gasteiger partial charge is 0.409 e. The minimum absolute atomic E-state index is 0.0733. The highest BCUT2D eigenvalue weighted by molar-refractivity contribution is 7.43. The summed E-state index contributed by atoms with van der Waals surface area (Å²) < 4.78 is 37.0. The van der Waals surface area contributed by atoms with Gasteiger partial charge in [0.05, 0.1) is 11.1 Å². The molecule has 0 saturated heterocycles. The third-order valence-electron chi connectivity index (χ3n) is 7.03. The Kier molecular flexibility index (Phi) is 9.28. The van der Waals surface area contributed by atoms with E-state index in [4.69, 9.17) is 27.1 Å². The second-order valence-electron chi connectivity index (χ2n) is 10.3. The van der Waals surface area contributed by atoms with Crippen LogP contribution in [0, 0.1) is 0 Å². The van der Waals surface area contributed by atoms with Crippen molar-refractivity contribution in [2.75, 3.05) is 0 Å². The van der Waals surface area contributed by atoms with Crippen LogP contribution >= 0.6 is 17.2 Å². The predicted molar refractivity (Wildman–Crippen MR) is 183 cm³/mol. The zero-order chi connectivity index (χ0) is 32.7. The van der Waals surface area contributed by atoms with Crippen LogP contribution in [0.3, 0.4) is 0 Å². The monoisotopic (exact) mass is 672 g/mol. The first-order valence-corrected chi connectivity index (χ1v) is 17.1. The number of para-hydroxylation sites is 4. The summed E-state index contributed by atoms with van der Waals surface area (Å²) in [6, 6.07) is 46.0. The molecule has 0 spiro atoms.